The molecule has 0 aliphatic heterocycles. The summed E-state index contributed by atoms with van der Waals surface area (Å²) in [5.74, 6) is 0.591. The van der Waals surface area contributed by atoms with Crippen molar-refractivity contribution in [2.45, 2.75) is 32.4 Å². The highest BCUT2D eigenvalue weighted by Crippen LogP contribution is 2.17. The molecule has 3 N–H and O–H groups in total. The number of amides is 1. The van der Waals surface area contributed by atoms with Gasteiger partial charge in [0, 0.05) is 28.2 Å². The van der Waals surface area contributed by atoms with Gasteiger partial charge >= 0.3 is 0 Å². The first-order valence-electron chi connectivity index (χ1n) is 6.43. The van der Waals surface area contributed by atoms with Crippen LogP contribution in [0.4, 0.5) is 11.4 Å². The maximum absolute atomic E-state index is 11.9. The third-order valence-electron chi connectivity index (χ3n) is 3.12. The second-order valence-electron chi connectivity index (χ2n) is 4.92. The molecule has 0 spiro atoms. The minimum Gasteiger partial charge on any atom is -0.397 e. The molecule has 19 heavy (non-hydrogen) atoms. The summed E-state index contributed by atoms with van der Waals surface area (Å²) in [5, 5.41) is 2.84. The summed E-state index contributed by atoms with van der Waals surface area (Å²) in [5.41, 5.74) is 6.88. The number of hydrogen-bond acceptors (Lipinski definition) is 3. The van der Waals surface area contributed by atoms with Crippen LogP contribution in [0.3, 0.4) is 0 Å². The van der Waals surface area contributed by atoms with Crippen LogP contribution in [0.2, 0.25) is 0 Å². The summed E-state index contributed by atoms with van der Waals surface area (Å²) in [6.07, 6.45) is 0.248. The fourth-order valence-corrected chi connectivity index (χ4v) is 2.87. The molecule has 0 aromatic heterocycles. The van der Waals surface area contributed by atoms with Crippen molar-refractivity contribution < 1.29 is 9.00 Å². The van der Waals surface area contributed by atoms with Gasteiger partial charge < -0.3 is 11.1 Å². The number of carbonyl (C=O) groups is 1. The molecule has 1 rings (SSSR count). The number of nitrogens with two attached hydrogens (primary N) is 1. The van der Waals surface area contributed by atoms with E-state index in [1.807, 2.05) is 32.9 Å². The molecule has 1 aromatic carbocycles. The molecule has 106 valence electrons. The van der Waals surface area contributed by atoms with Gasteiger partial charge in [-0.05, 0) is 18.1 Å². The van der Waals surface area contributed by atoms with E-state index in [0.717, 1.165) is 0 Å². The predicted molar refractivity (Wildman–Crippen MR) is 81.4 cm³/mol. The number of para-hydroxylation sites is 2. The lowest BCUT2D eigenvalue weighted by Gasteiger charge is -2.15. The van der Waals surface area contributed by atoms with Crippen molar-refractivity contribution in [3.63, 3.8) is 0 Å². The molecule has 4 nitrogen and oxygen atoms in total. The summed E-state index contributed by atoms with van der Waals surface area (Å²) >= 11 is 0. The van der Waals surface area contributed by atoms with Crippen molar-refractivity contribution in [3.05, 3.63) is 24.3 Å². The number of benzene rings is 1. The van der Waals surface area contributed by atoms with Crippen molar-refractivity contribution in [1.29, 1.82) is 0 Å². The molecular formula is C14H22N2O2S. The lowest BCUT2D eigenvalue weighted by Crippen LogP contribution is -2.23. The zero-order valence-electron chi connectivity index (χ0n) is 11.7. The Morgan fingerprint density at radius 3 is 2.53 bits per heavy atom. The van der Waals surface area contributed by atoms with Gasteiger partial charge in [0.1, 0.15) is 0 Å². The first-order valence-corrected chi connectivity index (χ1v) is 7.81. The Bertz CT molecular complexity index is 461. The fraction of sp³-hybridized carbons (Fsp3) is 0.500. The highest BCUT2D eigenvalue weighted by molar-refractivity contribution is 7.85. The van der Waals surface area contributed by atoms with Gasteiger partial charge in [-0.3, -0.25) is 9.00 Å². The first kappa shape index (κ1) is 15.7. The van der Waals surface area contributed by atoms with Crippen LogP contribution in [0, 0.1) is 5.92 Å². The smallest absolute Gasteiger partial charge is 0.225 e. The Balaban J connectivity index is 2.45. The van der Waals surface area contributed by atoms with Crippen molar-refractivity contribution >= 4 is 28.1 Å². The Kier molecular flexibility index (Phi) is 6.02. The second-order valence-corrected chi connectivity index (χ2v) is 6.83. The number of nitrogens with one attached hydrogen (secondary N) is 1. The van der Waals surface area contributed by atoms with Crippen LogP contribution in [0.25, 0.3) is 0 Å². The Morgan fingerprint density at radius 1 is 1.32 bits per heavy atom. The number of rotatable bonds is 6. The van der Waals surface area contributed by atoms with E-state index in [0.29, 0.717) is 23.0 Å². The second kappa shape index (κ2) is 7.28. The van der Waals surface area contributed by atoms with E-state index in [9.17, 15) is 9.00 Å². The first-order chi connectivity index (χ1) is 8.91. The quantitative estimate of drug-likeness (QED) is 0.787. The molecule has 5 heteroatoms. The molecule has 0 aliphatic rings. The summed E-state index contributed by atoms with van der Waals surface area (Å²) in [6.45, 7) is 6.02. The standard InChI is InChI=1S/C14H22N2O2S/c1-10(2)11(3)19(18)9-8-14(17)16-13-7-5-4-6-12(13)15/h4-7,10-11H,8-9,15H2,1-3H3,(H,16,17). The maximum Gasteiger partial charge on any atom is 0.225 e. The summed E-state index contributed by atoms with van der Waals surface area (Å²) in [4.78, 5) is 11.8. The Hall–Kier alpha value is -1.36. The zero-order chi connectivity index (χ0) is 14.4. The average Bonchev–Trinajstić information content (AvgIpc) is 2.37. The lowest BCUT2D eigenvalue weighted by molar-refractivity contribution is -0.115. The average molecular weight is 282 g/mol. The van der Waals surface area contributed by atoms with Crippen LogP contribution < -0.4 is 11.1 Å². The van der Waals surface area contributed by atoms with Crippen molar-refractivity contribution in [3.8, 4) is 0 Å². The highest BCUT2D eigenvalue weighted by Gasteiger charge is 2.16. The fourth-order valence-electron chi connectivity index (χ4n) is 1.51. The SMILES string of the molecule is CC(C)C(C)S(=O)CCC(=O)Nc1ccccc1N. The van der Waals surface area contributed by atoms with E-state index in [-0.39, 0.29) is 17.6 Å². The van der Waals surface area contributed by atoms with Crippen LogP contribution in [0.15, 0.2) is 24.3 Å². The third kappa shape index (κ3) is 5.03. The van der Waals surface area contributed by atoms with Gasteiger partial charge in [0.05, 0.1) is 11.4 Å². The maximum atomic E-state index is 11.9. The molecule has 1 amide bonds. The van der Waals surface area contributed by atoms with E-state index in [1.54, 1.807) is 12.1 Å². The molecule has 0 fully saturated rings. The topological polar surface area (TPSA) is 72.2 Å². The summed E-state index contributed by atoms with van der Waals surface area (Å²) < 4.78 is 11.9. The van der Waals surface area contributed by atoms with Crippen LogP contribution in [0.1, 0.15) is 27.2 Å². The predicted octanol–water partition coefficient (Wildman–Crippen LogP) is 2.39. The minimum atomic E-state index is -0.971. The normalized spacial score (nSPS) is 14.1. The Morgan fingerprint density at radius 2 is 1.95 bits per heavy atom. The van der Waals surface area contributed by atoms with Crippen molar-refractivity contribution in [2.24, 2.45) is 5.92 Å². The molecule has 2 unspecified atom stereocenters. The van der Waals surface area contributed by atoms with Gasteiger partial charge in [0.2, 0.25) is 5.91 Å². The van der Waals surface area contributed by atoms with Crippen molar-refractivity contribution in [2.75, 3.05) is 16.8 Å². The molecule has 0 radical (unpaired) electrons. The largest absolute Gasteiger partial charge is 0.397 e. The van der Waals surface area contributed by atoms with Gasteiger partial charge in [-0.25, -0.2) is 0 Å². The third-order valence-corrected chi connectivity index (χ3v) is 5.10. The molecule has 0 aliphatic carbocycles. The molecule has 0 saturated heterocycles. The van der Waals surface area contributed by atoms with Gasteiger partial charge in [0.15, 0.2) is 0 Å². The summed E-state index contributed by atoms with van der Waals surface area (Å²) in [7, 11) is -0.971. The summed E-state index contributed by atoms with van der Waals surface area (Å²) in [6, 6.07) is 7.10. The Labute approximate surface area is 117 Å². The van der Waals surface area contributed by atoms with Gasteiger partial charge in [0.25, 0.3) is 0 Å². The number of anilines is 2. The van der Waals surface area contributed by atoms with Crippen LogP contribution >= 0.6 is 0 Å². The van der Waals surface area contributed by atoms with Gasteiger partial charge in [-0.2, -0.15) is 0 Å². The van der Waals surface area contributed by atoms with Crippen LogP contribution in [0.5, 0.6) is 0 Å². The van der Waals surface area contributed by atoms with Crippen LogP contribution in [-0.4, -0.2) is 21.1 Å². The lowest BCUT2D eigenvalue weighted by atomic mass is 10.2. The molecule has 0 saturated carbocycles. The van der Waals surface area contributed by atoms with E-state index in [2.05, 4.69) is 5.32 Å². The number of hydrogen-bond donors (Lipinski definition) is 2. The van der Waals surface area contributed by atoms with Crippen molar-refractivity contribution in [1.82, 2.24) is 0 Å². The monoisotopic (exact) mass is 282 g/mol. The van der Waals surface area contributed by atoms with E-state index >= 15 is 0 Å². The molecule has 1 aromatic rings. The van der Waals surface area contributed by atoms with E-state index in [1.165, 1.54) is 0 Å². The van der Waals surface area contributed by atoms with Gasteiger partial charge in [-0.15, -0.1) is 0 Å². The molecular weight excluding hydrogens is 260 g/mol. The number of nitrogen functional groups attached to an aromatic ring is 1. The van der Waals surface area contributed by atoms with E-state index < -0.39 is 10.8 Å². The molecule has 2 atom stereocenters. The highest BCUT2D eigenvalue weighted by atomic mass is 32.2. The van der Waals surface area contributed by atoms with E-state index in [4.69, 9.17) is 5.73 Å². The van der Waals surface area contributed by atoms with Gasteiger partial charge in [-0.1, -0.05) is 32.9 Å². The molecule has 0 heterocycles. The zero-order valence-corrected chi connectivity index (χ0v) is 12.5. The number of carbonyl (C=O) groups excluding carboxylic acids is 1. The van der Waals surface area contributed by atoms with Crippen LogP contribution in [-0.2, 0) is 15.6 Å². The minimum absolute atomic E-state index is 0.106. The molecule has 0 bridgehead atoms.